The Bertz CT molecular complexity index is 706. The van der Waals surface area contributed by atoms with Crippen LogP contribution < -0.4 is 0 Å². The molecule has 0 N–H and O–H groups in total. The van der Waals surface area contributed by atoms with Crippen molar-refractivity contribution in [2.75, 3.05) is 13.2 Å². The van der Waals surface area contributed by atoms with Gasteiger partial charge in [-0.1, -0.05) is 6.07 Å². The molecule has 4 nitrogen and oxygen atoms in total. The molecule has 1 fully saturated rings. The van der Waals surface area contributed by atoms with E-state index in [4.69, 9.17) is 4.74 Å². The zero-order valence-corrected chi connectivity index (χ0v) is 15.8. The Hall–Kier alpha value is -0.250. The largest absolute Gasteiger partial charge is 0.381 e. The van der Waals surface area contributed by atoms with Gasteiger partial charge in [-0.3, -0.25) is 0 Å². The first-order chi connectivity index (χ1) is 10.6. The van der Waals surface area contributed by atoms with E-state index in [1.54, 1.807) is 27.8 Å². The van der Waals surface area contributed by atoms with Gasteiger partial charge >= 0.3 is 0 Å². The summed E-state index contributed by atoms with van der Waals surface area (Å²) in [5, 5.41) is 1.98. The lowest BCUT2D eigenvalue weighted by molar-refractivity contribution is 0.0572. The molecule has 2 aromatic heterocycles. The summed E-state index contributed by atoms with van der Waals surface area (Å²) in [4.78, 5) is 1.06. The minimum Gasteiger partial charge on any atom is -0.381 e. The van der Waals surface area contributed by atoms with Gasteiger partial charge in [0.05, 0.1) is 3.79 Å². The molecule has 120 valence electrons. The van der Waals surface area contributed by atoms with Gasteiger partial charge in [-0.25, -0.2) is 8.42 Å². The monoisotopic (exact) mass is 421 g/mol. The van der Waals surface area contributed by atoms with Crippen molar-refractivity contribution in [2.45, 2.75) is 29.6 Å². The minimum atomic E-state index is -3.48. The molecule has 8 heteroatoms. The number of ether oxygens (including phenoxy) is 1. The second-order valence-corrected chi connectivity index (χ2v) is 10.6. The number of rotatable bonds is 5. The third-order valence-electron chi connectivity index (χ3n) is 3.60. The van der Waals surface area contributed by atoms with Crippen LogP contribution in [0.25, 0.3) is 0 Å². The van der Waals surface area contributed by atoms with Crippen LogP contribution in [0.15, 0.2) is 37.6 Å². The third kappa shape index (κ3) is 3.63. The highest BCUT2D eigenvalue weighted by molar-refractivity contribution is 9.11. The molecule has 0 atom stereocenters. The molecule has 1 aliphatic heterocycles. The van der Waals surface area contributed by atoms with Crippen LogP contribution in [-0.4, -0.2) is 32.0 Å². The molecular formula is C14H16BrNO3S3. The Balaban J connectivity index is 1.92. The summed E-state index contributed by atoms with van der Waals surface area (Å²) in [5.41, 5.74) is 0. The van der Waals surface area contributed by atoms with E-state index < -0.39 is 10.0 Å². The second kappa shape index (κ2) is 7.11. The van der Waals surface area contributed by atoms with Crippen molar-refractivity contribution in [1.82, 2.24) is 4.31 Å². The first kappa shape index (κ1) is 16.6. The maximum Gasteiger partial charge on any atom is 0.253 e. The van der Waals surface area contributed by atoms with Gasteiger partial charge in [-0.05, 0) is 52.4 Å². The first-order valence-corrected chi connectivity index (χ1v) is 10.9. The zero-order valence-electron chi connectivity index (χ0n) is 11.8. The number of thiophene rings is 2. The fourth-order valence-electron chi connectivity index (χ4n) is 2.49. The molecule has 0 aliphatic carbocycles. The minimum absolute atomic E-state index is 0.00160. The summed E-state index contributed by atoms with van der Waals surface area (Å²) in [7, 11) is -3.48. The standard InChI is InChI=1S/C14H16BrNO3S3/c15-13-3-4-14(21-13)22(17,18)16(10-12-2-1-9-20-12)11-5-7-19-8-6-11/h1-4,9,11H,5-8,10H2. The van der Waals surface area contributed by atoms with E-state index in [2.05, 4.69) is 15.9 Å². The van der Waals surface area contributed by atoms with Gasteiger partial charge in [-0.2, -0.15) is 4.31 Å². The molecule has 0 spiro atoms. The van der Waals surface area contributed by atoms with Crippen LogP contribution in [0.3, 0.4) is 0 Å². The molecule has 0 bridgehead atoms. The average molecular weight is 422 g/mol. The van der Waals surface area contributed by atoms with Crippen molar-refractivity contribution in [3.05, 3.63) is 38.3 Å². The number of nitrogens with zero attached hydrogens (tertiary/aromatic N) is 1. The summed E-state index contributed by atoms with van der Waals surface area (Å²) in [6.45, 7) is 1.67. The topological polar surface area (TPSA) is 46.6 Å². The molecule has 1 saturated heterocycles. The Labute approximate surface area is 146 Å². The maximum absolute atomic E-state index is 13.1. The smallest absolute Gasteiger partial charge is 0.253 e. The van der Waals surface area contributed by atoms with E-state index in [0.29, 0.717) is 24.0 Å². The highest BCUT2D eigenvalue weighted by atomic mass is 79.9. The van der Waals surface area contributed by atoms with Crippen LogP contribution in [0.2, 0.25) is 0 Å². The van der Waals surface area contributed by atoms with Gasteiger partial charge in [0.15, 0.2) is 0 Å². The van der Waals surface area contributed by atoms with Crippen LogP contribution >= 0.6 is 38.6 Å². The summed E-state index contributed by atoms with van der Waals surface area (Å²) in [6.07, 6.45) is 1.49. The lowest BCUT2D eigenvalue weighted by Crippen LogP contribution is -2.42. The van der Waals surface area contributed by atoms with Crippen LogP contribution in [-0.2, 0) is 21.3 Å². The van der Waals surface area contributed by atoms with Gasteiger partial charge < -0.3 is 4.74 Å². The highest BCUT2D eigenvalue weighted by Crippen LogP contribution is 2.32. The predicted molar refractivity (Wildman–Crippen MR) is 92.9 cm³/mol. The van der Waals surface area contributed by atoms with E-state index in [1.807, 2.05) is 17.5 Å². The van der Waals surface area contributed by atoms with Crippen molar-refractivity contribution in [3.8, 4) is 0 Å². The van der Waals surface area contributed by atoms with Gasteiger partial charge in [0.1, 0.15) is 4.21 Å². The quantitative estimate of drug-likeness (QED) is 0.733. The SMILES string of the molecule is O=S(=O)(c1ccc(Br)s1)N(Cc1cccs1)C1CCOCC1. The Morgan fingerprint density at radius 2 is 2.05 bits per heavy atom. The highest BCUT2D eigenvalue weighted by Gasteiger charge is 2.33. The first-order valence-electron chi connectivity index (χ1n) is 6.94. The predicted octanol–water partition coefficient (Wildman–Crippen LogP) is 3.94. The van der Waals surface area contributed by atoms with Crippen molar-refractivity contribution in [3.63, 3.8) is 0 Å². The molecule has 0 radical (unpaired) electrons. The molecule has 3 heterocycles. The van der Waals surface area contributed by atoms with E-state index in [-0.39, 0.29) is 6.04 Å². The summed E-state index contributed by atoms with van der Waals surface area (Å²) < 4.78 is 34.4. The van der Waals surface area contributed by atoms with Crippen LogP contribution in [0, 0.1) is 0 Å². The molecule has 22 heavy (non-hydrogen) atoms. The third-order valence-corrected chi connectivity index (χ3v) is 8.45. The van der Waals surface area contributed by atoms with Crippen molar-refractivity contribution in [2.24, 2.45) is 0 Å². The van der Waals surface area contributed by atoms with Crippen LogP contribution in [0.4, 0.5) is 0 Å². The number of sulfonamides is 1. The molecule has 0 unspecified atom stereocenters. The van der Waals surface area contributed by atoms with Gasteiger partial charge in [0, 0.05) is 30.7 Å². The number of hydrogen-bond acceptors (Lipinski definition) is 5. The second-order valence-electron chi connectivity index (χ2n) is 5.03. The molecule has 1 aliphatic rings. The Kier molecular flexibility index (Phi) is 5.36. The molecule has 0 amide bonds. The van der Waals surface area contributed by atoms with Gasteiger partial charge in [-0.15, -0.1) is 22.7 Å². The zero-order chi connectivity index (χ0) is 15.6. The van der Waals surface area contributed by atoms with E-state index in [9.17, 15) is 8.42 Å². The Morgan fingerprint density at radius 1 is 1.27 bits per heavy atom. The number of hydrogen-bond donors (Lipinski definition) is 0. The van der Waals surface area contributed by atoms with Gasteiger partial charge in [0.25, 0.3) is 10.0 Å². The summed E-state index contributed by atoms with van der Waals surface area (Å²) in [6, 6.07) is 7.39. The fraction of sp³-hybridized carbons (Fsp3) is 0.429. The Morgan fingerprint density at radius 3 is 2.64 bits per heavy atom. The lowest BCUT2D eigenvalue weighted by Gasteiger charge is -2.32. The van der Waals surface area contributed by atoms with Crippen molar-refractivity contribution in [1.29, 1.82) is 0 Å². The van der Waals surface area contributed by atoms with E-state index in [0.717, 1.165) is 21.5 Å². The van der Waals surface area contributed by atoms with Crippen molar-refractivity contribution < 1.29 is 13.2 Å². The summed E-state index contributed by atoms with van der Waals surface area (Å²) >= 11 is 6.20. The fourth-order valence-corrected chi connectivity index (χ4v) is 7.08. The van der Waals surface area contributed by atoms with Gasteiger partial charge in [0.2, 0.25) is 0 Å². The van der Waals surface area contributed by atoms with E-state index in [1.165, 1.54) is 11.3 Å². The lowest BCUT2D eigenvalue weighted by atomic mass is 10.1. The van der Waals surface area contributed by atoms with Crippen molar-refractivity contribution >= 4 is 48.6 Å². The van der Waals surface area contributed by atoms with Crippen LogP contribution in [0.5, 0.6) is 0 Å². The molecule has 3 rings (SSSR count). The summed E-state index contributed by atoms with van der Waals surface area (Å²) in [5.74, 6) is 0. The average Bonchev–Trinajstić information content (AvgIpc) is 3.17. The van der Waals surface area contributed by atoms with E-state index >= 15 is 0 Å². The normalized spacial score (nSPS) is 17.2. The maximum atomic E-state index is 13.1. The molecule has 2 aromatic rings. The molecule has 0 aromatic carbocycles. The molecule has 0 saturated carbocycles. The number of halogens is 1. The molecular weight excluding hydrogens is 406 g/mol. The van der Waals surface area contributed by atoms with Crippen LogP contribution in [0.1, 0.15) is 17.7 Å².